The second kappa shape index (κ2) is 1.84. The maximum Gasteiger partial charge on any atom is 0.278 e. The van der Waals surface area contributed by atoms with Gasteiger partial charge in [-0.15, -0.1) is 0 Å². The lowest BCUT2D eigenvalue weighted by atomic mass is 10.3. The van der Waals surface area contributed by atoms with Gasteiger partial charge in [-0.3, -0.25) is 0 Å². The minimum absolute atomic E-state index is 0.543. The molecule has 0 aromatic carbocycles. The van der Waals surface area contributed by atoms with Gasteiger partial charge in [0.2, 0.25) is 0 Å². The highest BCUT2D eigenvalue weighted by atomic mass is 19.1. The van der Waals surface area contributed by atoms with Gasteiger partial charge in [-0.2, -0.15) is 4.39 Å². The molecule has 1 nitrogen and oxygen atoms in total. The molecule has 0 atom stereocenters. The molecule has 0 amide bonds. The second-order valence-corrected chi connectivity index (χ2v) is 2.08. The molecule has 0 radical (unpaired) electrons. The van der Waals surface area contributed by atoms with Gasteiger partial charge in [0.05, 0.1) is 0 Å². The molecule has 0 saturated carbocycles. The molecular formula is C8H5FO. The summed E-state index contributed by atoms with van der Waals surface area (Å²) in [5, 5.41) is 0. The van der Waals surface area contributed by atoms with E-state index in [4.69, 9.17) is 4.42 Å². The van der Waals surface area contributed by atoms with Crippen LogP contribution in [0.25, 0.3) is 11.3 Å². The molecule has 0 N–H and O–H groups in total. The Labute approximate surface area is 57.4 Å². The van der Waals surface area contributed by atoms with E-state index in [-0.39, 0.29) is 0 Å². The zero-order chi connectivity index (χ0) is 6.97. The van der Waals surface area contributed by atoms with Crippen molar-refractivity contribution < 1.29 is 8.81 Å². The van der Waals surface area contributed by atoms with Gasteiger partial charge in [0.15, 0.2) is 0 Å². The fourth-order valence-electron chi connectivity index (χ4n) is 0.943. The first-order valence-corrected chi connectivity index (χ1v) is 3.00. The summed E-state index contributed by atoms with van der Waals surface area (Å²) in [5.41, 5.74) is 0.932. The largest absolute Gasteiger partial charge is 0.431 e. The van der Waals surface area contributed by atoms with Crippen molar-refractivity contribution >= 4 is 0 Å². The maximum atomic E-state index is 12.3. The molecule has 2 rings (SSSR count). The first-order valence-electron chi connectivity index (χ1n) is 3.00. The van der Waals surface area contributed by atoms with Crippen LogP contribution in [-0.4, -0.2) is 0 Å². The zero-order valence-electron chi connectivity index (χ0n) is 5.17. The van der Waals surface area contributed by atoms with Crippen LogP contribution in [-0.2, 0) is 0 Å². The van der Waals surface area contributed by atoms with Crippen LogP contribution in [0.1, 0.15) is 0 Å². The molecule has 0 fully saturated rings. The van der Waals surface area contributed by atoms with E-state index in [9.17, 15) is 4.39 Å². The minimum Gasteiger partial charge on any atom is -0.431 e. The van der Waals surface area contributed by atoms with E-state index in [1.165, 1.54) is 6.07 Å². The Morgan fingerprint density at radius 2 is 2.00 bits per heavy atom. The summed E-state index contributed by atoms with van der Waals surface area (Å²) in [4.78, 5) is 0. The quantitative estimate of drug-likeness (QED) is 0.542. The van der Waals surface area contributed by atoms with Crippen LogP contribution in [0.2, 0.25) is 0 Å². The third kappa shape index (κ3) is 0.692. The highest BCUT2D eigenvalue weighted by Crippen LogP contribution is 2.22. The first-order chi connectivity index (χ1) is 4.86. The smallest absolute Gasteiger partial charge is 0.278 e. The molecule has 0 saturated heterocycles. The highest BCUT2D eigenvalue weighted by molar-refractivity contribution is 5.59. The summed E-state index contributed by atoms with van der Waals surface area (Å²) in [6.07, 6.45) is 0. The summed E-state index contributed by atoms with van der Waals surface area (Å²) in [6.45, 7) is 0. The normalized spacial score (nSPS) is 10.5. The molecule has 0 aromatic rings. The summed E-state index contributed by atoms with van der Waals surface area (Å²) in [6, 6.07) is 7.89. The summed E-state index contributed by atoms with van der Waals surface area (Å²) < 4.78 is 17.1. The number of hydrogen-bond acceptors (Lipinski definition) is 1. The molecule has 50 valence electrons. The lowest BCUT2D eigenvalue weighted by molar-refractivity contribution is 0.354. The number of rotatable bonds is 0. The van der Waals surface area contributed by atoms with Gasteiger partial charge < -0.3 is 4.42 Å². The predicted molar refractivity (Wildman–Crippen MR) is 35.3 cm³/mol. The Bertz CT molecular complexity index is 313. The van der Waals surface area contributed by atoms with Crippen molar-refractivity contribution in [1.82, 2.24) is 0 Å². The number of halogens is 1. The van der Waals surface area contributed by atoms with Crippen LogP contribution in [0.3, 0.4) is 0 Å². The van der Waals surface area contributed by atoms with Crippen LogP contribution in [0, 0.1) is 6.01 Å². The van der Waals surface area contributed by atoms with Crippen molar-refractivity contribution in [1.29, 1.82) is 0 Å². The zero-order valence-corrected chi connectivity index (χ0v) is 5.17. The maximum absolute atomic E-state index is 12.3. The Balaban J connectivity index is 2.75. The fraction of sp³-hybridized carbons (Fsp3) is 0. The predicted octanol–water partition coefficient (Wildman–Crippen LogP) is 2.52. The van der Waals surface area contributed by atoms with E-state index in [1.807, 2.05) is 12.1 Å². The van der Waals surface area contributed by atoms with Gasteiger partial charge in [0.1, 0.15) is 5.76 Å². The van der Waals surface area contributed by atoms with Gasteiger partial charge >= 0.3 is 0 Å². The standard InChI is InChI=1S/C8H5FO/c9-8-5-4-6-2-1-3-7(6)10-8/h1-5H. The van der Waals surface area contributed by atoms with Gasteiger partial charge in [0, 0.05) is 11.6 Å². The van der Waals surface area contributed by atoms with Crippen LogP contribution >= 0.6 is 0 Å². The third-order valence-corrected chi connectivity index (χ3v) is 1.41. The van der Waals surface area contributed by atoms with Gasteiger partial charge in [-0.1, -0.05) is 12.1 Å². The van der Waals surface area contributed by atoms with Crippen LogP contribution in [0.15, 0.2) is 34.7 Å². The van der Waals surface area contributed by atoms with E-state index in [0.29, 0.717) is 5.76 Å². The fourth-order valence-corrected chi connectivity index (χ4v) is 0.943. The SMILES string of the molecule is Fc1ccc2cccc-2o1. The molecule has 10 heavy (non-hydrogen) atoms. The topological polar surface area (TPSA) is 13.1 Å². The number of fused-ring (bicyclic) bond motifs is 1. The third-order valence-electron chi connectivity index (χ3n) is 1.41. The van der Waals surface area contributed by atoms with Gasteiger partial charge in [0.25, 0.3) is 6.01 Å². The van der Waals surface area contributed by atoms with Crippen LogP contribution < -0.4 is 0 Å². The van der Waals surface area contributed by atoms with Crippen LogP contribution in [0.5, 0.6) is 0 Å². The second-order valence-electron chi connectivity index (χ2n) is 2.08. The van der Waals surface area contributed by atoms with Gasteiger partial charge in [-0.05, 0) is 12.1 Å². The summed E-state index contributed by atoms with van der Waals surface area (Å²) in [5.74, 6) is 0.597. The molecule has 1 aliphatic heterocycles. The Morgan fingerprint density at radius 3 is 2.90 bits per heavy atom. The van der Waals surface area contributed by atoms with Gasteiger partial charge in [-0.25, -0.2) is 0 Å². The minimum atomic E-state index is -0.543. The Hall–Kier alpha value is -1.31. The molecule has 0 aromatic heterocycles. The molecule has 0 unspecified atom stereocenters. The highest BCUT2D eigenvalue weighted by Gasteiger charge is 2.03. The van der Waals surface area contributed by atoms with Crippen molar-refractivity contribution in [2.24, 2.45) is 0 Å². The van der Waals surface area contributed by atoms with Crippen molar-refractivity contribution in [3.8, 4) is 11.3 Å². The van der Waals surface area contributed by atoms with E-state index >= 15 is 0 Å². The average molecular weight is 136 g/mol. The van der Waals surface area contributed by atoms with E-state index in [0.717, 1.165) is 5.56 Å². The lowest BCUT2D eigenvalue weighted by Crippen LogP contribution is -1.75. The van der Waals surface area contributed by atoms with Crippen molar-refractivity contribution in [2.45, 2.75) is 0 Å². The molecule has 2 heteroatoms. The molecule has 0 spiro atoms. The monoisotopic (exact) mass is 136 g/mol. The Kier molecular flexibility index (Phi) is 1.01. The first kappa shape index (κ1) is 5.47. The lowest BCUT2D eigenvalue weighted by Gasteiger charge is -1.94. The van der Waals surface area contributed by atoms with Crippen molar-refractivity contribution in [3.05, 3.63) is 36.3 Å². The molecule has 1 aliphatic carbocycles. The van der Waals surface area contributed by atoms with E-state index in [2.05, 4.69) is 0 Å². The van der Waals surface area contributed by atoms with E-state index in [1.54, 1.807) is 12.1 Å². The van der Waals surface area contributed by atoms with E-state index < -0.39 is 6.01 Å². The van der Waals surface area contributed by atoms with Crippen molar-refractivity contribution in [2.75, 3.05) is 0 Å². The molecular weight excluding hydrogens is 131 g/mol. The van der Waals surface area contributed by atoms with Crippen LogP contribution in [0.4, 0.5) is 4.39 Å². The molecule has 1 heterocycles. The molecule has 2 aliphatic rings. The van der Waals surface area contributed by atoms with Crippen molar-refractivity contribution in [3.63, 3.8) is 0 Å². The number of hydrogen-bond donors (Lipinski definition) is 0. The molecule has 0 bridgehead atoms. The summed E-state index contributed by atoms with van der Waals surface area (Å²) >= 11 is 0. The average Bonchev–Trinajstić information content (AvgIpc) is 2.33. The Morgan fingerprint density at radius 1 is 1.10 bits per heavy atom. The summed E-state index contributed by atoms with van der Waals surface area (Å²) in [7, 11) is 0.